The second-order valence-electron chi connectivity index (χ2n) is 3.33. The van der Waals surface area contributed by atoms with E-state index < -0.39 is 0 Å². The lowest BCUT2D eigenvalue weighted by molar-refractivity contribution is -0.887. The number of rotatable bonds is 6. The zero-order valence-corrected chi connectivity index (χ0v) is 9.95. The zero-order valence-electron chi connectivity index (χ0n) is 8.36. The Morgan fingerprint density at radius 2 is 1.36 bits per heavy atom. The SMILES string of the molecule is C[N+](C)(CCN=C=O)CCN=C=O.[Br-]. The Balaban J connectivity index is 0. The summed E-state index contributed by atoms with van der Waals surface area (Å²) in [7, 11) is 3.97. The van der Waals surface area contributed by atoms with Crippen LogP contribution in [0.2, 0.25) is 0 Å². The summed E-state index contributed by atoms with van der Waals surface area (Å²) in [5, 5.41) is 0. The minimum Gasteiger partial charge on any atom is -1.00 e. The number of aliphatic imine (C=N–C) groups is 2. The summed E-state index contributed by atoms with van der Waals surface area (Å²) >= 11 is 0. The Morgan fingerprint density at radius 1 is 1.00 bits per heavy atom. The van der Waals surface area contributed by atoms with Gasteiger partial charge in [-0.25, -0.2) is 9.59 Å². The van der Waals surface area contributed by atoms with E-state index >= 15 is 0 Å². The normalized spacial score (nSPS) is 9.29. The predicted octanol–water partition coefficient (Wildman–Crippen LogP) is -3.26. The van der Waals surface area contributed by atoms with Gasteiger partial charge in [-0.05, 0) is 0 Å². The molecule has 0 rings (SSSR count). The van der Waals surface area contributed by atoms with Crippen LogP contribution in [0.5, 0.6) is 0 Å². The molecule has 0 unspecified atom stereocenters. The van der Waals surface area contributed by atoms with Crippen LogP contribution < -0.4 is 17.0 Å². The summed E-state index contributed by atoms with van der Waals surface area (Å²) in [5.74, 6) is 0. The van der Waals surface area contributed by atoms with Crippen molar-refractivity contribution < 1.29 is 31.1 Å². The van der Waals surface area contributed by atoms with Gasteiger partial charge in [0.25, 0.3) is 0 Å². The molecule has 0 fully saturated rings. The Bertz CT molecular complexity index is 219. The lowest BCUT2D eigenvalue weighted by Crippen LogP contribution is -3.00. The zero-order chi connectivity index (χ0) is 10.2. The first-order chi connectivity index (χ1) is 6.12. The van der Waals surface area contributed by atoms with Gasteiger partial charge in [-0.15, -0.1) is 0 Å². The highest BCUT2D eigenvalue weighted by molar-refractivity contribution is 5.32. The summed E-state index contributed by atoms with van der Waals surface area (Å²) in [6, 6.07) is 0. The van der Waals surface area contributed by atoms with Crippen molar-refractivity contribution >= 4 is 12.2 Å². The fourth-order valence-corrected chi connectivity index (χ4v) is 0.845. The topological polar surface area (TPSA) is 58.9 Å². The van der Waals surface area contributed by atoms with Gasteiger partial charge < -0.3 is 21.5 Å². The maximum Gasteiger partial charge on any atom is 0.235 e. The second-order valence-corrected chi connectivity index (χ2v) is 3.33. The second kappa shape index (κ2) is 8.78. The molecule has 14 heavy (non-hydrogen) atoms. The number of isocyanates is 2. The van der Waals surface area contributed by atoms with E-state index in [2.05, 4.69) is 9.98 Å². The number of quaternary nitrogens is 1. The fraction of sp³-hybridized carbons (Fsp3) is 0.750. The van der Waals surface area contributed by atoms with E-state index in [1.807, 2.05) is 14.1 Å². The third-order valence-corrected chi connectivity index (χ3v) is 1.76. The third kappa shape index (κ3) is 9.29. The molecule has 0 aromatic heterocycles. The first-order valence-corrected chi connectivity index (χ1v) is 4.01. The molecule has 0 saturated carbocycles. The van der Waals surface area contributed by atoms with Crippen LogP contribution in [-0.2, 0) is 9.59 Å². The molecule has 80 valence electrons. The molecule has 0 bridgehead atoms. The van der Waals surface area contributed by atoms with Crippen molar-refractivity contribution in [2.75, 3.05) is 40.3 Å². The summed E-state index contributed by atoms with van der Waals surface area (Å²) in [6.45, 7) is 2.40. The number of likely N-dealkylation sites (N-methyl/N-ethyl adjacent to an activating group) is 1. The van der Waals surface area contributed by atoms with E-state index in [0.717, 1.165) is 13.1 Å². The average molecular weight is 264 g/mol. The van der Waals surface area contributed by atoms with Gasteiger partial charge in [0.15, 0.2) is 0 Å². The third-order valence-electron chi connectivity index (χ3n) is 1.76. The Labute approximate surface area is 93.9 Å². The van der Waals surface area contributed by atoms with E-state index in [0.29, 0.717) is 17.6 Å². The van der Waals surface area contributed by atoms with Crippen molar-refractivity contribution in [3.8, 4) is 0 Å². The molecule has 0 aliphatic rings. The molecular formula is C8H14BrN3O2. The quantitative estimate of drug-likeness (QED) is 0.287. The number of nitrogens with zero attached hydrogens (tertiary/aromatic N) is 3. The van der Waals surface area contributed by atoms with Crippen molar-refractivity contribution in [3.63, 3.8) is 0 Å². The molecule has 0 atom stereocenters. The van der Waals surface area contributed by atoms with Crippen LogP contribution in [0.3, 0.4) is 0 Å². The maximum atomic E-state index is 9.78. The van der Waals surface area contributed by atoms with Crippen LogP contribution in [0.15, 0.2) is 9.98 Å². The van der Waals surface area contributed by atoms with E-state index in [4.69, 9.17) is 0 Å². The minimum absolute atomic E-state index is 0. The maximum absolute atomic E-state index is 9.78. The fourth-order valence-electron chi connectivity index (χ4n) is 0.845. The molecule has 0 aromatic carbocycles. The van der Waals surface area contributed by atoms with Gasteiger partial charge in [-0.1, -0.05) is 0 Å². The van der Waals surface area contributed by atoms with Crippen LogP contribution in [0.25, 0.3) is 0 Å². The molecule has 0 N–H and O–H groups in total. The van der Waals surface area contributed by atoms with E-state index in [1.54, 1.807) is 0 Å². The minimum atomic E-state index is 0. The van der Waals surface area contributed by atoms with Gasteiger partial charge in [-0.3, -0.25) is 0 Å². The van der Waals surface area contributed by atoms with E-state index in [9.17, 15) is 9.59 Å². The first-order valence-electron chi connectivity index (χ1n) is 4.01. The number of hydrogen-bond donors (Lipinski definition) is 0. The van der Waals surface area contributed by atoms with Gasteiger partial charge in [0.1, 0.15) is 13.1 Å². The summed E-state index contributed by atoms with van der Waals surface area (Å²) < 4.78 is 0.677. The van der Waals surface area contributed by atoms with Gasteiger partial charge in [-0.2, -0.15) is 9.98 Å². The molecule has 0 saturated heterocycles. The molecule has 6 heteroatoms. The Hall–Kier alpha value is -0.800. The number of carbonyl (C=O) groups excluding carboxylic acids is 2. The molecule has 0 heterocycles. The van der Waals surface area contributed by atoms with E-state index in [-0.39, 0.29) is 17.0 Å². The van der Waals surface area contributed by atoms with Crippen molar-refractivity contribution in [3.05, 3.63) is 0 Å². The molecule has 0 aliphatic carbocycles. The molecule has 0 spiro atoms. The van der Waals surface area contributed by atoms with Crippen LogP contribution in [0, 0.1) is 0 Å². The molecular weight excluding hydrogens is 250 g/mol. The highest BCUT2D eigenvalue weighted by atomic mass is 79.9. The summed E-state index contributed by atoms with van der Waals surface area (Å²) in [4.78, 5) is 26.5. The largest absolute Gasteiger partial charge is 1.00 e. The standard InChI is InChI=1S/C8H14N3O2.BrH/c1-11(2,5-3-9-7-12)6-4-10-8-13;/h3-6H2,1-2H3;1H/q+1;/p-1. The van der Waals surface area contributed by atoms with Gasteiger partial charge in [0.05, 0.1) is 27.2 Å². The summed E-state index contributed by atoms with van der Waals surface area (Å²) in [6.07, 6.45) is 2.97. The van der Waals surface area contributed by atoms with Crippen molar-refractivity contribution in [2.24, 2.45) is 9.98 Å². The molecule has 5 nitrogen and oxygen atoms in total. The van der Waals surface area contributed by atoms with Crippen LogP contribution >= 0.6 is 0 Å². The Morgan fingerprint density at radius 3 is 1.64 bits per heavy atom. The number of halogens is 1. The molecule has 0 radical (unpaired) electrons. The first kappa shape index (κ1) is 15.7. The van der Waals surface area contributed by atoms with Crippen LogP contribution in [0.4, 0.5) is 0 Å². The van der Waals surface area contributed by atoms with Crippen molar-refractivity contribution in [1.29, 1.82) is 0 Å². The lowest BCUT2D eigenvalue weighted by Gasteiger charge is -2.27. The van der Waals surface area contributed by atoms with Gasteiger partial charge in [0.2, 0.25) is 12.2 Å². The summed E-state index contributed by atoms with van der Waals surface area (Å²) in [5.41, 5.74) is 0. The van der Waals surface area contributed by atoms with Crippen molar-refractivity contribution in [2.45, 2.75) is 0 Å². The molecule has 0 amide bonds. The number of hydrogen-bond acceptors (Lipinski definition) is 4. The highest BCUT2D eigenvalue weighted by Gasteiger charge is 2.12. The lowest BCUT2D eigenvalue weighted by atomic mass is 10.4. The van der Waals surface area contributed by atoms with Gasteiger partial charge >= 0.3 is 0 Å². The van der Waals surface area contributed by atoms with Crippen molar-refractivity contribution in [1.82, 2.24) is 0 Å². The average Bonchev–Trinajstić information content (AvgIpc) is 2.05. The van der Waals surface area contributed by atoms with Crippen LogP contribution in [-0.4, -0.2) is 56.9 Å². The monoisotopic (exact) mass is 263 g/mol. The van der Waals surface area contributed by atoms with Crippen LogP contribution in [0.1, 0.15) is 0 Å². The molecule has 0 aromatic rings. The highest BCUT2D eigenvalue weighted by Crippen LogP contribution is 1.95. The smallest absolute Gasteiger partial charge is 0.235 e. The van der Waals surface area contributed by atoms with E-state index in [1.165, 1.54) is 12.2 Å². The molecule has 0 aliphatic heterocycles. The Kier molecular flexibility index (Phi) is 9.83. The predicted molar refractivity (Wildman–Crippen MR) is 47.8 cm³/mol. The van der Waals surface area contributed by atoms with Gasteiger partial charge in [0, 0.05) is 0 Å².